The zero-order chi connectivity index (χ0) is 15.4. The minimum absolute atomic E-state index is 0.442. The molecule has 0 spiro atoms. The first-order valence-corrected chi connectivity index (χ1v) is 8.48. The zero-order valence-electron chi connectivity index (χ0n) is 11.8. The Morgan fingerprint density at radius 3 is 3.13 bits per heavy atom. The Morgan fingerprint density at radius 2 is 2.17 bits per heavy atom. The minimum atomic E-state index is 0.442. The molecule has 0 aliphatic carbocycles. The third-order valence-electron chi connectivity index (χ3n) is 3.43. The first-order chi connectivity index (χ1) is 11.3. The fraction of sp³-hybridized carbons (Fsp3) is 0.0714. The first-order valence-electron chi connectivity index (χ1n) is 6.78. The number of benzene rings is 1. The predicted molar refractivity (Wildman–Crippen MR) is 88.4 cm³/mol. The lowest BCUT2D eigenvalue weighted by Gasteiger charge is -2.06. The highest BCUT2D eigenvalue weighted by atomic mass is 32.1. The van der Waals surface area contributed by atoms with Crippen molar-refractivity contribution in [1.29, 1.82) is 0 Å². The second-order valence-corrected chi connectivity index (χ2v) is 7.07. The molecular weight excluding hydrogens is 332 g/mol. The lowest BCUT2D eigenvalue weighted by Crippen LogP contribution is -1.97. The van der Waals surface area contributed by atoms with Gasteiger partial charge in [-0.25, -0.2) is 4.98 Å². The largest absolute Gasteiger partial charge is 0.437 e. The summed E-state index contributed by atoms with van der Waals surface area (Å²) in [6.07, 6.45) is 0. The van der Waals surface area contributed by atoms with Crippen molar-refractivity contribution < 1.29 is 4.74 Å². The van der Waals surface area contributed by atoms with Gasteiger partial charge in [0.05, 0.1) is 19.9 Å². The smallest absolute Gasteiger partial charge is 0.239 e. The number of aryl methyl sites for hydroxylation is 1. The number of thiazole rings is 1. The Morgan fingerprint density at radius 1 is 1.22 bits per heavy atom. The van der Waals surface area contributed by atoms with E-state index in [0.717, 1.165) is 31.1 Å². The van der Waals surface area contributed by atoms with Gasteiger partial charge in [0.2, 0.25) is 5.88 Å². The van der Waals surface area contributed by atoms with Crippen molar-refractivity contribution in [2.45, 2.75) is 6.92 Å². The molecule has 0 saturated heterocycles. The lowest BCUT2D eigenvalue weighted by molar-refractivity contribution is 0.452. The van der Waals surface area contributed by atoms with Gasteiger partial charge in [-0.2, -0.15) is 0 Å². The molecule has 0 amide bonds. The average molecular weight is 340 g/mol. The van der Waals surface area contributed by atoms with E-state index >= 15 is 0 Å². The number of nitrogens with zero attached hydrogens (tertiary/aromatic N) is 6. The van der Waals surface area contributed by atoms with Crippen molar-refractivity contribution >= 4 is 48.6 Å². The number of aromatic nitrogens is 6. The Balaban J connectivity index is 1.69. The lowest BCUT2D eigenvalue weighted by atomic mass is 10.2. The highest BCUT2D eigenvalue weighted by molar-refractivity contribution is 7.21. The molecule has 0 bridgehead atoms. The van der Waals surface area contributed by atoms with Gasteiger partial charge in [-0.05, 0) is 34.9 Å². The molecule has 5 aromatic rings. The van der Waals surface area contributed by atoms with E-state index in [2.05, 4.69) is 25.6 Å². The number of hydrogen-bond donors (Lipinski definition) is 0. The number of ether oxygens (including phenoxy) is 1. The van der Waals surface area contributed by atoms with Crippen molar-refractivity contribution in [3.8, 4) is 11.6 Å². The van der Waals surface area contributed by atoms with Gasteiger partial charge in [0, 0.05) is 17.5 Å². The van der Waals surface area contributed by atoms with Crippen molar-refractivity contribution in [3.63, 3.8) is 0 Å². The van der Waals surface area contributed by atoms with E-state index in [1.165, 1.54) is 4.63 Å². The van der Waals surface area contributed by atoms with Crippen LogP contribution in [0, 0.1) is 6.92 Å². The standard InChI is InChI=1S/C14H8N6OS2/c1-7-15-13-10(23-7)6-9(8-4-5-22-14(8)13)21-12-3-2-11-16-18-19-20(11)17-12/h2-6H,1H3. The molecule has 0 unspecified atom stereocenters. The summed E-state index contributed by atoms with van der Waals surface area (Å²) in [4.78, 5) is 4.62. The highest BCUT2D eigenvalue weighted by Gasteiger charge is 2.14. The quantitative estimate of drug-likeness (QED) is 0.490. The van der Waals surface area contributed by atoms with E-state index in [9.17, 15) is 0 Å². The third kappa shape index (κ3) is 1.97. The molecule has 23 heavy (non-hydrogen) atoms. The molecule has 112 valence electrons. The maximum absolute atomic E-state index is 6.00. The molecule has 0 aliphatic heterocycles. The molecule has 0 atom stereocenters. The summed E-state index contributed by atoms with van der Waals surface area (Å²) >= 11 is 3.32. The molecule has 0 saturated carbocycles. The van der Waals surface area contributed by atoms with Crippen molar-refractivity contribution in [2.75, 3.05) is 0 Å². The van der Waals surface area contributed by atoms with Gasteiger partial charge in [-0.15, -0.1) is 37.5 Å². The monoisotopic (exact) mass is 340 g/mol. The molecule has 0 aliphatic rings. The molecule has 0 radical (unpaired) electrons. The van der Waals surface area contributed by atoms with Crippen LogP contribution in [0.4, 0.5) is 0 Å². The van der Waals surface area contributed by atoms with Crippen LogP contribution in [-0.4, -0.2) is 30.2 Å². The van der Waals surface area contributed by atoms with Gasteiger partial charge < -0.3 is 4.74 Å². The van der Waals surface area contributed by atoms with Crippen LogP contribution in [-0.2, 0) is 0 Å². The Kier molecular flexibility index (Phi) is 2.61. The minimum Gasteiger partial charge on any atom is -0.437 e. The maximum Gasteiger partial charge on any atom is 0.239 e. The number of fused-ring (bicyclic) bond motifs is 4. The van der Waals surface area contributed by atoms with Gasteiger partial charge in [-0.1, -0.05) is 0 Å². The van der Waals surface area contributed by atoms with Crippen LogP contribution in [0.2, 0.25) is 0 Å². The van der Waals surface area contributed by atoms with Gasteiger partial charge >= 0.3 is 0 Å². The van der Waals surface area contributed by atoms with Gasteiger partial charge in [0.1, 0.15) is 5.75 Å². The van der Waals surface area contributed by atoms with Gasteiger partial charge in [-0.3, -0.25) is 0 Å². The van der Waals surface area contributed by atoms with Crippen LogP contribution < -0.4 is 4.74 Å². The molecule has 9 heteroatoms. The molecule has 1 aromatic carbocycles. The molecule has 4 heterocycles. The second kappa shape index (κ2) is 4.67. The normalized spacial score (nSPS) is 11.7. The maximum atomic E-state index is 6.00. The summed E-state index contributed by atoms with van der Waals surface area (Å²) in [7, 11) is 0. The summed E-state index contributed by atoms with van der Waals surface area (Å²) in [6, 6.07) is 7.58. The molecule has 4 aromatic heterocycles. The van der Waals surface area contributed by atoms with E-state index in [-0.39, 0.29) is 0 Å². The zero-order valence-corrected chi connectivity index (χ0v) is 13.4. The van der Waals surface area contributed by atoms with Gasteiger partial charge in [0.25, 0.3) is 0 Å². The Labute approximate surface area is 137 Å². The number of hydrogen-bond acceptors (Lipinski definition) is 8. The van der Waals surface area contributed by atoms with E-state index in [1.54, 1.807) is 34.8 Å². The highest BCUT2D eigenvalue weighted by Crippen LogP contribution is 2.40. The molecule has 0 fully saturated rings. The summed E-state index contributed by atoms with van der Waals surface area (Å²) in [6.45, 7) is 2.01. The van der Waals surface area contributed by atoms with Crippen LogP contribution in [0.3, 0.4) is 0 Å². The van der Waals surface area contributed by atoms with Crippen LogP contribution in [0.5, 0.6) is 11.6 Å². The average Bonchev–Trinajstić information content (AvgIpc) is 3.23. The topological polar surface area (TPSA) is 78.1 Å². The molecule has 0 N–H and O–H groups in total. The van der Waals surface area contributed by atoms with Crippen molar-refractivity contribution in [3.05, 3.63) is 34.7 Å². The Hall–Kier alpha value is -2.65. The van der Waals surface area contributed by atoms with Crippen LogP contribution in [0.25, 0.3) is 25.9 Å². The fourth-order valence-electron chi connectivity index (χ4n) is 2.47. The van der Waals surface area contributed by atoms with Crippen molar-refractivity contribution in [2.24, 2.45) is 0 Å². The van der Waals surface area contributed by atoms with Crippen LogP contribution in [0.15, 0.2) is 29.6 Å². The number of tetrazole rings is 1. The van der Waals surface area contributed by atoms with Crippen LogP contribution in [0.1, 0.15) is 5.01 Å². The van der Waals surface area contributed by atoms with E-state index in [4.69, 9.17) is 4.74 Å². The van der Waals surface area contributed by atoms with Crippen molar-refractivity contribution in [1.82, 2.24) is 30.2 Å². The number of thiophene rings is 1. The summed E-state index contributed by atoms with van der Waals surface area (Å²) in [5, 5.41) is 19.6. The summed E-state index contributed by atoms with van der Waals surface area (Å²) in [5.74, 6) is 1.20. The SMILES string of the molecule is Cc1nc2c(cc(Oc3ccc4nnnn4n3)c3ccsc32)s1. The molecule has 7 nitrogen and oxygen atoms in total. The predicted octanol–water partition coefficient (Wildman–Crippen LogP) is 3.44. The number of rotatable bonds is 2. The van der Waals surface area contributed by atoms with Gasteiger partial charge in [0.15, 0.2) is 5.65 Å². The Bertz CT molecular complexity index is 1170. The van der Waals surface area contributed by atoms with E-state index < -0.39 is 0 Å². The molecular formula is C14H8N6OS2. The fourth-order valence-corrected chi connectivity index (χ4v) is 4.30. The summed E-state index contributed by atoms with van der Waals surface area (Å²) < 4.78 is 9.58. The second-order valence-electron chi connectivity index (χ2n) is 4.92. The third-order valence-corrected chi connectivity index (χ3v) is 5.27. The molecule has 5 rings (SSSR count). The van der Waals surface area contributed by atoms with Crippen LogP contribution >= 0.6 is 22.7 Å². The summed E-state index contributed by atoms with van der Waals surface area (Å²) in [5.41, 5.74) is 1.61. The van der Waals surface area contributed by atoms with E-state index in [0.29, 0.717) is 11.5 Å². The van der Waals surface area contributed by atoms with E-state index in [1.807, 2.05) is 24.4 Å². The first kappa shape index (κ1) is 12.9.